The van der Waals surface area contributed by atoms with Crippen molar-refractivity contribution in [2.24, 2.45) is 0 Å². The minimum atomic E-state index is -0.253. The van der Waals surface area contributed by atoms with Crippen LogP contribution in [0, 0.1) is 5.82 Å². The second kappa shape index (κ2) is 7.90. The number of benzene rings is 2. The Morgan fingerprint density at radius 1 is 1.00 bits per heavy atom. The van der Waals surface area contributed by atoms with E-state index < -0.39 is 0 Å². The minimum Gasteiger partial charge on any atom is -0.508 e. The predicted octanol–water partition coefficient (Wildman–Crippen LogP) is 4.27. The molecule has 0 fully saturated rings. The van der Waals surface area contributed by atoms with Crippen LogP contribution in [0.4, 0.5) is 4.39 Å². The van der Waals surface area contributed by atoms with E-state index in [1.807, 2.05) is 37.4 Å². The average Bonchev–Trinajstić information content (AvgIpc) is 2.63. The molecular formula is C21H21FN2O. The summed E-state index contributed by atoms with van der Waals surface area (Å²) in [5, 5.41) is 10.2. The third-order valence-electron chi connectivity index (χ3n) is 4.17. The van der Waals surface area contributed by atoms with Gasteiger partial charge in [0.25, 0.3) is 0 Å². The molecule has 0 unspecified atom stereocenters. The first-order valence-electron chi connectivity index (χ1n) is 8.28. The second-order valence-electron chi connectivity index (χ2n) is 6.16. The number of likely N-dealkylation sites (N-methyl/N-ethyl adjacent to an activating group) is 1. The molecule has 0 saturated heterocycles. The molecule has 3 nitrogen and oxygen atoms in total. The van der Waals surface area contributed by atoms with Gasteiger partial charge in [-0.05, 0) is 54.6 Å². The molecule has 0 amide bonds. The number of hydrogen-bond acceptors (Lipinski definition) is 3. The van der Waals surface area contributed by atoms with E-state index in [1.165, 1.54) is 12.1 Å². The summed E-state index contributed by atoms with van der Waals surface area (Å²) < 4.78 is 13.1. The van der Waals surface area contributed by atoms with Crippen molar-refractivity contribution in [1.82, 2.24) is 9.88 Å². The van der Waals surface area contributed by atoms with Crippen LogP contribution in [-0.4, -0.2) is 28.6 Å². The molecule has 128 valence electrons. The number of aromatic hydroxyl groups is 1. The summed E-state index contributed by atoms with van der Waals surface area (Å²) >= 11 is 0. The van der Waals surface area contributed by atoms with Crippen LogP contribution in [0.5, 0.6) is 5.75 Å². The Labute approximate surface area is 147 Å². The fourth-order valence-electron chi connectivity index (χ4n) is 2.76. The molecule has 0 aliphatic rings. The van der Waals surface area contributed by atoms with Crippen LogP contribution < -0.4 is 0 Å². The Kier molecular flexibility index (Phi) is 5.41. The number of phenols is 1. The van der Waals surface area contributed by atoms with Crippen molar-refractivity contribution in [2.75, 3.05) is 13.6 Å². The van der Waals surface area contributed by atoms with Gasteiger partial charge in [0.05, 0.1) is 0 Å². The number of nitrogens with zero attached hydrogens (tertiary/aromatic N) is 2. The summed E-state index contributed by atoms with van der Waals surface area (Å²) in [5.41, 5.74) is 3.80. The molecule has 0 saturated carbocycles. The quantitative estimate of drug-likeness (QED) is 0.730. The lowest BCUT2D eigenvalue weighted by atomic mass is 10.0. The summed E-state index contributed by atoms with van der Waals surface area (Å²) in [7, 11) is 2.02. The maximum absolute atomic E-state index is 13.1. The molecule has 1 heterocycles. The van der Waals surface area contributed by atoms with Gasteiger partial charge in [0.2, 0.25) is 0 Å². The van der Waals surface area contributed by atoms with Crippen LogP contribution in [0.2, 0.25) is 0 Å². The lowest BCUT2D eigenvalue weighted by molar-refractivity contribution is 0.323. The largest absolute Gasteiger partial charge is 0.508 e. The number of halogens is 1. The first-order chi connectivity index (χ1) is 12.1. The Bertz CT molecular complexity index is 819. The summed E-state index contributed by atoms with van der Waals surface area (Å²) in [6.45, 7) is 1.48. The van der Waals surface area contributed by atoms with Crippen LogP contribution >= 0.6 is 0 Å². The van der Waals surface area contributed by atoms with Gasteiger partial charge < -0.3 is 10.0 Å². The van der Waals surface area contributed by atoms with E-state index in [2.05, 4.69) is 9.88 Å². The van der Waals surface area contributed by atoms with E-state index in [4.69, 9.17) is 0 Å². The molecule has 4 heteroatoms. The first kappa shape index (κ1) is 17.1. The fraction of sp³-hybridized carbons (Fsp3) is 0.190. The first-order valence-corrected chi connectivity index (χ1v) is 8.28. The van der Waals surface area contributed by atoms with E-state index >= 15 is 0 Å². The molecule has 0 aliphatic carbocycles. The number of phenolic OH excluding ortho intramolecular Hbond substituents is 1. The average molecular weight is 336 g/mol. The standard InChI is InChI=1S/C21H21FN2O/c1-24(13-11-20-4-2-3-12-23-20)15-18-14-17(7-10-21(18)25)16-5-8-19(22)9-6-16/h2-10,12,14,25H,11,13,15H2,1H3. The SMILES string of the molecule is CN(CCc1ccccn1)Cc1cc(-c2ccc(F)cc2)ccc1O. The topological polar surface area (TPSA) is 36.4 Å². The molecule has 3 rings (SSSR count). The Hall–Kier alpha value is -2.72. The van der Waals surface area contributed by atoms with Crippen LogP contribution in [-0.2, 0) is 13.0 Å². The second-order valence-corrected chi connectivity index (χ2v) is 6.16. The van der Waals surface area contributed by atoms with E-state index in [9.17, 15) is 9.50 Å². The van der Waals surface area contributed by atoms with E-state index in [1.54, 1.807) is 24.4 Å². The van der Waals surface area contributed by atoms with E-state index in [0.717, 1.165) is 35.3 Å². The Balaban J connectivity index is 1.69. The van der Waals surface area contributed by atoms with Crippen molar-refractivity contribution in [1.29, 1.82) is 0 Å². The fourth-order valence-corrected chi connectivity index (χ4v) is 2.76. The third kappa shape index (κ3) is 4.64. The molecule has 0 atom stereocenters. The lowest BCUT2D eigenvalue weighted by Gasteiger charge is -2.18. The summed E-state index contributed by atoms with van der Waals surface area (Å²) in [6.07, 6.45) is 2.66. The highest BCUT2D eigenvalue weighted by molar-refractivity contribution is 5.65. The molecule has 1 aromatic heterocycles. The van der Waals surface area contributed by atoms with Crippen LogP contribution in [0.15, 0.2) is 66.9 Å². The minimum absolute atomic E-state index is 0.253. The van der Waals surface area contributed by atoms with Crippen molar-refractivity contribution in [2.45, 2.75) is 13.0 Å². The summed E-state index contributed by atoms with van der Waals surface area (Å²) in [4.78, 5) is 6.48. The molecule has 1 N–H and O–H groups in total. The zero-order valence-electron chi connectivity index (χ0n) is 14.2. The normalized spacial score (nSPS) is 11.0. The van der Waals surface area contributed by atoms with Gasteiger partial charge >= 0.3 is 0 Å². The highest BCUT2D eigenvalue weighted by Crippen LogP contribution is 2.27. The van der Waals surface area contributed by atoms with Crippen molar-refractivity contribution in [3.05, 3.63) is 83.9 Å². The predicted molar refractivity (Wildman–Crippen MR) is 97.8 cm³/mol. The van der Waals surface area contributed by atoms with Gasteiger partial charge in [-0.2, -0.15) is 0 Å². The zero-order chi connectivity index (χ0) is 17.6. The summed E-state index contributed by atoms with van der Waals surface area (Å²) in [6, 6.07) is 17.8. The number of rotatable bonds is 6. The molecule has 0 bridgehead atoms. The highest BCUT2D eigenvalue weighted by atomic mass is 19.1. The number of aromatic nitrogens is 1. The van der Waals surface area contributed by atoms with Crippen molar-refractivity contribution < 1.29 is 9.50 Å². The zero-order valence-corrected chi connectivity index (χ0v) is 14.2. The van der Waals surface area contributed by atoms with Crippen molar-refractivity contribution >= 4 is 0 Å². The maximum Gasteiger partial charge on any atom is 0.123 e. The van der Waals surface area contributed by atoms with Crippen LogP contribution in [0.25, 0.3) is 11.1 Å². The summed E-state index contributed by atoms with van der Waals surface area (Å²) in [5.74, 6) is 0.0209. The molecule has 0 spiro atoms. The molecule has 2 aromatic carbocycles. The van der Waals surface area contributed by atoms with Gasteiger partial charge in [-0.1, -0.05) is 24.3 Å². The van der Waals surface area contributed by atoms with Crippen molar-refractivity contribution in [3.63, 3.8) is 0 Å². The Morgan fingerprint density at radius 2 is 1.76 bits per heavy atom. The lowest BCUT2D eigenvalue weighted by Crippen LogP contribution is -2.21. The van der Waals surface area contributed by atoms with Gasteiger partial charge in [0.1, 0.15) is 11.6 Å². The van der Waals surface area contributed by atoms with Gasteiger partial charge in [0, 0.05) is 37.0 Å². The third-order valence-corrected chi connectivity index (χ3v) is 4.17. The van der Waals surface area contributed by atoms with E-state index in [0.29, 0.717) is 6.54 Å². The van der Waals surface area contributed by atoms with Crippen LogP contribution in [0.3, 0.4) is 0 Å². The molecular weight excluding hydrogens is 315 g/mol. The van der Waals surface area contributed by atoms with Gasteiger partial charge in [-0.25, -0.2) is 4.39 Å². The number of hydrogen-bond donors (Lipinski definition) is 1. The van der Waals surface area contributed by atoms with Gasteiger partial charge in [-0.15, -0.1) is 0 Å². The Morgan fingerprint density at radius 3 is 2.48 bits per heavy atom. The molecule has 0 aliphatic heterocycles. The smallest absolute Gasteiger partial charge is 0.123 e. The van der Waals surface area contributed by atoms with Gasteiger partial charge in [-0.3, -0.25) is 4.98 Å². The monoisotopic (exact) mass is 336 g/mol. The van der Waals surface area contributed by atoms with E-state index in [-0.39, 0.29) is 11.6 Å². The molecule has 25 heavy (non-hydrogen) atoms. The molecule has 0 radical (unpaired) electrons. The maximum atomic E-state index is 13.1. The number of pyridine rings is 1. The van der Waals surface area contributed by atoms with Gasteiger partial charge in [0.15, 0.2) is 0 Å². The van der Waals surface area contributed by atoms with Crippen molar-refractivity contribution in [3.8, 4) is 16.9 Å². The van der Waals surface area contributed by atoms with Crippen LogP contribution in [0.1, 0.15) is 11.3 Å². The molecule has 3 aromatic rings. The highest BCUT2D eigenvalue weighted by Gasteiger charge is 2.08.